The van der Waals surface area contributed by atoms with Crippen molar-refractivity contribution in [2.45, 2.75) is 26.7 Å². The molecule has 11 rings (SSSR count). The van der Waals surface area contributed by atoms with Crippen molar-refractivity contribution in [1.82, 2.24) is 29.9 Å². The number of aryl methyl sites for hydroxylation is 1. The van der Waals surface area contributed by atoms with Crippen LogP contribution in [-0.2, 0) is 0 Å². The van der Waals surface area contributed by atoms with Crippen LogP contribution in [0.4, 0.5) is 0 Å². The van der Waals surface area contributed by atoms with Crippen LogP contribution in [0, 0.1) is 6.92 Å². The van der Waals surface area contributed by atoms with Crippen molar-refractivity contribution in [3.8, 4) is 79.2 Å². The fourth-order valence-corrected chi connectivity index (χ4v) is 9.40. The number of hydrogen-bond acceptors (Lipinski definition) is 7. The second-order valence-electron chi connectivity index (χ2n) is 15.9. The van der Waals surface area contributed by atoms with E-state index in [1.807, 2.05) is 72.0 Å². The maximum absolute atomic E-state index is 5.02. The van der Waals surface area contributed by atoms with Crippen molar-refractivity contribution < 1.29 is 0 Å². The highest BCUT2D eigenvalue weighted by molar-refractivity contribution is 7.25. The molecule has 0 radical (unpaired) electrons. The van der Waals surface area contributed by atoms with E-state index in [0.717, 1.165) is 74.0 Å². The molecule has 0 fully saturated rings. The highest BCUT2D eigenvalue weighted by Gasteiger charge is 2.18. The van der Waals surface area contributed by atoms with Crippen LogP contribution in [0.15, 0.2) is 188 Å². The Morgan fingerprint density at radius 2 is 0.746 bits per heavy atom. The van der Waals surface area contributed by atoms with Gasteiger partial charge in [-0.2, -0.15) is 0 Å². The molecule has 300 valence electrons. The zero-order valence-corrected chi connectivity index (χ0v) is 35.6. The summed E-state index contributed by atoms with van der Waals surface area (Å²) in [6, 6.07) is 59.2. The van der Waals surface area contributed by atoms with Gasteiger partial charge in [-0.25, -0.2) is 29.9 Å². The van der Waals surface area contributed by atoms with Crippen LogP contribution in [0.3, 0.4) is 0 Å². The quantitative estimate of drug-likeness (QED) is 0.152. The lowest BCUT2D eigenvalue weighted by Crippen LogP contribution is -2.04. The van der Waals surface area contributed by atoms with Crippen LogP contribution in [-0.4, -0.2) is 29.9 Å². The van der Waals surface area contributed by atoms with Gasteiger partial charge in [0.1, 0.15) is 0 Å². The first-order chi connectivity index (χ1) is 31.0. The molecule has 3 heterocycles. The lowest BCUT2D eigenvalue weighted by atomic mass is 9.98. The molecule has 0 bridgehead atoms. The first kappa shape index (κ1) is 38.2. The van der Waals surface area contributed by atoms with E-state index in [0.29, 0.717) is 34.9 Å². The van der Waals surface area contributed by atoms with Crippen LogP contribution in [0.5, 0.6) is 0 Å². The minimum atomic E-state index is 0.646. The van der Waals surface area contributed by atoms with Gasteiger partial charge in [-0.05, 0) is 84.3 Å². The van der Waals surface area contributed by atoms with Crippen molar-refractivity contribution >= 4 is 37.1 Å². The molecule has 1 aliphatic carbocycles. The summed E-state index contributed by atoms with van der Waals surface area (Å²) in [6.45, 7) is 4.23. The number of allylic oxidation sites excluding steroid dienone is 4. The van der Waals surface area contributed by atoms with Crippen LogP contribution in [0.25, 0.3) is 105 Å². The van der Waals surface area contributed by atoms with Crippen molar-refractivity contribution in [3.05, 3.63) is 199 Å². The van der Waals surface area contributed by atoms with Crippen molar-refractivity contribution in [1.29, 1.82) is 0 Å². The second-order valence-corrected chi connectivity index (χ2v) is 17.0. The summed E-state index contributed by atoms with van der Waals surface area (Å²) in [5.41, 5.74) is 12.8. The molecule has 0 atom stereocenters. The minimum Gasteiger partial charge on any atom is -0.208 e. The third-order valence-electron chi connectivity index (χ3n) is 11.8. The lowest BCUT2D eigenvalue weighted by molar-refractivity contribution is 0.990. The van der Waals surface area contributed by atoms with Crippen LogP contribution in [0.2, 0.25) is 0 Å². The van der Waals surface area contributed by atoms with Gasteiger partial charge in [-0.15, -0.1) is 11.3 Å². The molecule has 1 aliphatic rings. The van der Waals surface area contributed by atoms with Gasteiger partial charge in [0.2, 0.25) is 0 Å². The third-order valence-corrected chi connectivity index (χ3v) is 12.9. The molecular weight excluding hydrogens is 789 g/mol. The number of hydrogen-bond donors (Lipinski definition) is 0. The van der Waals surface area contributed by atoms with E-state index in [1.54, 1.807) is 0 Å². The number of benzene rings is 7. The summed E-state index contributed by atoms with van der Waals surface area (Å²) in [5.74, 6) is 4.03. The van der Waals surface area contributed by atoms with E-state index in [9.17, 15) is 0 Å². The molecule has 0 saturated heterocycles. The van der Waals surface area contributed by atoms with Gasteiger partial charge in [-0.1, -0.05) is 158 Å². The molecule has 6 nitrogen and oxygen atoms in total. The molecule has 0 saturated carbocycles. The first-order valence-corrected chi connectivity index (χ1v) is 22.1. The molecule has 63 heavy (non-hydrogen) atoms. The number of aromatic nitrogens is 6. The van der Waals surface area contributed by atoms with Gasteiger partial charge in [-0.3, -0.25) is 0 Å². The molecule has 3 aromatic heterocycles. The Morgan fingerprint density at radius 1 is 0.349 bits per heavy atom. The Balaban J connectivity index is 0.905. The normalized spacial score (nSPS) is 12.7. The lowest BCUT2D eigenvalue weighted by Gasteiger charge is -2.14. The van der Waals surface area contributed by atoms with Crippen molar-refractivity contribution in [2.24, 2.45) is 0 Å². The Morgan fingerprint density at radius 3 is 1.24 bits per heavy atom. The second kappa shape index (κ2) is 16.3. The summed E-state index contributed by atoms with van der Waals surface area (Å²) in [6.07, 6.45) is 6.54. The fraction of sp³-hybridized carbons (Fsp3) is 0.0714. The van der Waals surface area contributed by atoms with E-state index in [4.69, 9.17) is 29.9 Å². The summed E-state index contributed by atoms with van der Waals surface area (Å²) < 4.78 is 2.53. The van der Waals surface area contributed by atoms with Crippen molar-refractivity contribution in [3.63, 3.8) is 0 Å². The molecular formula is C56H40N6S. The fourth-order valence-electron chi connectivity index (χ4n) is 8.33. The number of thiophene rings is 1. The first-order valence-electron chi connectivity index (χ1n) is 21.3. The minimum absolute atomic E-state index is 0.646. The Kier molecular flexibility index (Phi) is 9.87. The summed E-state index contributed by atoms with van der Waals surface area (Å²) in [5, 5.41) is 2.49. The third kappa shape index (κ3) is 7.53. The molecule has 0 N–H and O–H groups in total. The number of fused-ring (bicyclic) bond motifs is 3. The summed E-state index contributed by atoms with van der Waals surface area (Å²) in [7, 11) is 0. The van der Waals surface area contributed by atoms with Crippen LogP contribution < -0.4 is 0 Å². The topological polar surface area (TPSA) is 77.3 Å². The summed E-state index contributed by atoms with van der Waals surface area (Å²) in [4.78, 5) is 29.8. The van der Waals surface area contributed by atoms with E-state index < -0.39 is 0 Å². The molecule has 7 aromatic carbocycles. The number of rotatable bonds is 8. The van der Waals surface area contributed by atoms with Gasteiger partial charge in [0.05, 0.1) is 0 Å². The zero-order chi connectivity index (χ0) is 42.3. The largest absolute Gasteiger partial charge is 0.208 e. The van der Waals surface area contributed by atoms with Gasteiger partial charge >= 0.3 is 0 Å². The Bertz CT molecular complexity index is 3390. The Hall–Kier alpha value is -7.74. The van der Waals surface area contributed by atoms with Crippen molar-refractivity contribution in [2.75, 3.05) is 0 Å². The van der Waals surface area contributed by atoms with E-state index in [1.165, 1.54) is 25.7 Å². The average molecular weight is 829 g/mol. The predicted octanol–water partition coefficient (Wildman–Crippen LogP) is 14.5. The Labute approximate surface area is 370 Å². The molecule has 0 unspecified atom stereocenters. The molecule has 10 aromatic rings. The SMILES string of the molecule is CC1=CCCC=C1c1nc(-c2ccccc2)nc(-c2ccc(-c3ccc4sc5ccc(-c6ccc(-c7nc(-c8ccccc8)nc(-c8ccccc8C)n7)cc6)cc5c4c3)cc2)n1. The standard InChI is InChI=1S/C56H40N6S/c1-35-13-9-11-19-45(35)55-59-51(39-15-5-3-6-16-39)57-53(61-55)41-25-21-37(22-26-41)43-29-31-49-47(33-43)48-34-44(30-32-50(48)63-49)38-23-27-42(28-24-38)54-58-52(40-17-7-4-8-18-40)60-56(62-54)46-20-12-10-14-36(46)2/h3-9,11,13-34H,10,12H2,1-2H3. The van der Waals surface area contributed by atoms with Gasteiger partial charge in [0, 0.05) is 53.6 Å². The zero-order valence-electron chi connectivity index (χ0n) is 34.8. The van der Waals surface area contributed by atoms with Gasteiger partial charge in [0.25, 0.3) is 0 Å². The average Bonchev–Trinajstić information content (AvgIpc) is 3.72. The maximum Gasteiger partial charge on any atom is 0.164 e. The van der Waals surface area contributed by atoms with E-state index in [-0.39, 0.29) is 0 Å². The molecule has 7 heteroatoms. The van der Waals surface area contributed by atoms with E-state index >= 15 is 0 Å². The highest BCUT2D eigenvalue weighted by atomic mass is 32.1. The maximum atomic E-state index is 5.02. The highest BCUT2D eigenvalue weighted by Crippen LogP contribution is 2.39. The molecule has 0 amide bonds. The van der Waals surface area contributed by atoms with Crippen LogP contribution >= 0.6 is 11.3 Å². The van der Waals surface area contributed by atoms with Gasteiger partial charge in [0.15, 0.2) is 34.9 Å². The van der Waals surface area contributed by atoms with Crippen LogP contribution in [0.1, 0.15) is 31.2 Å². The number of nitrogens with zero attached hydrogens (tertiary/aromatic N) is 6. The summed E-state index contributed by atoms with van der Waals surface area (Å²) >= 11 is 1.83. The van der Waals surface area contributed by atoms with E-state index in [2.05, 4.69) is 135 Å². The monoisotopic (exact) mass is 828 g/mol. The smallest absolute Gasteiger partial charge is 0.164 e. The molecule has 0 aliphatic heterocycles. The predicted molar refractivity (Wildman–Crippen MR) is 260 cm³/mol. The van der Waals surface area contributed by atoms with Gasteiger partial charge < -0.3 is 0 Å². The molecule has 0 spiro atoms.